The van der Waals surface area contributed by atoms with E-state index < -0.39 is 0 Å². The van der Waals surface area contributed by atoms with Crippen molar-refractivity contribution in [2.45, 2.75) is 18.9 Å². The molecule has 0 spiro atoms. The Labute approximate surface area is 101 Å². The lowest BCUT2D eigenvalue weighted by Crippen LogP contribution is -2.29. The number of piperidine rings is 1. The zero-order chi connectivity index (χ0) is 11.7. The summed E-state index contributed by atoms with van der Waals surface area (Å²) in [5.74, 6) is 0.915. The fraction of sp³-hybridized carbons (Fsp3) is 0.462. The Bertz CT molecular complexity index is 514. The summed E-state index contributed by atoms with van der Waals surface area (Å²) in [4.78, 5) is 4.47. The van der Waals surface area contributed by atoms with Crippen molar-refractivity contribution in [2.24, 2.45) is 0 Å². The van der Waals surface area contributed by atoms with Gasteiger partial charge in [-0.15, -0.1) is 0 Å². The number of nitrogens with zero attached hydrogens (tertiary/aromatic N) is 2. The standard InChI is InChI=1S/C13H17N3O/c1-17-12-4-2-3-11-13(12)16(9-15-11)10-5-7-14-8-6-10/h2-4,9-10,14H,5-8H2,1H3. The van der Waals surface area contributed by atoms with Crippen molar-refractivity contribution in [3.8, 4) is 5.75 Å². The Balaban J connectivity index is 2.09. The predicted octanol–water partition coefficient (Wildman–Crippen LogP) is 1.97. The quantitative estimate of drug-likeness (QED) is 0.859. The predicted molar refractivity (Wildman–Crippen MR) is 67.4 cm³/mol. The van der Waals surface area contributed by atoms with Crippen LogP contribution < -0.4 is 10.1 Å². The topological polar surface area (TPSA) is 39.1 Å². The van der Waals surface area contributed by atoms with Gasteiger partial charge in [0.25, 0.3) is 0 Å². The van der Waals surface area contributed by atoms with Crippen LogP contribution in [0.4, 0.5) is 0 Å². The minimum absolute atomic E-state index is 0.539. The number of fused-ring (bicyclic) bond motifs is 1. The highest BCUT2D eigenvalue weighted by Crippen LogP contribution is 2.30. The second-order valence-electron chi connectivity index (χ2n) is 4.46. The van der Waals surface area contributed by atoms with E-state index in [1.54, 1.807) is 7.11 Å². The maximum absolute atomic E-state index is 5.44. The number of ether oxygens (including phenoxy) is 1. The lowest BCUT2D eigenvalue weighted by atomic mass is 10.1. The van der Waals surface area contributed by atoms with Gasteiger partial charge >= 0.3 is 0 Å². The normalized spacial score (nSPS) is 17.5. The van der Waals surface area contributed by atoms with E-state index in [9.17, 15) is 0 Å². The summed E-state index contributed by atoms with van der Waals surface area (Å²) < 4.78 is 7.71. The molecule has 1 aliphatic rings. The Morgan fingerprint density at radius 1 is 1.35 bits per heavy atom. The van der Waals surface area contributed by atoms with Gasteiger partial charge in [-0.25, -0.2) is 4.98 Å². The van der Waals surface area contributed by atoms with Crippen LogP contribution in [-0.4, -0.2) is 29.8 Å². The van der Waals surface area contributed by atoms with Crippen molar-refractivity contribution in [3.05, 3.63) is 24.5 Å². The molecule has 90 valence electrons. The summed E-state index contributed by atoms with van der Waals surface area (Å²) in [7, 11) is 1.72. The Kier molecular flexibility index (Phi) is 2.73. The van der Waals surface area contributed by atoms with Gasteiger partial charge in [-0.05, 0) is 38.1 Å². The van der Waals surface area contributed by atoms with Gasteiger partial charge in [0.2, 0.25) is 0 Å². The molecule has 0 aliphatic carbocycles. The van der Waals surface area contributed by atoms with Gasteiger partial charge in [0, 0.05) is 6.04 Å². The molecule has 0 amide bonds. The van der Waals surface area contributed by atoms with E-state index in [0.717, 1.165) is 42.7 Å². The van der Waals surface area contributed by atoms with E-state index in [1.165, 1.54) is 0 Å². The molecule has 17 heavy (non-hydrogen) atoms. The Morgan fingerprint density at radius 2 is 2.18 bits per heavy atom. The van der Waals surface area contributed by atoms with Crippen molar-refractivity contribution >= 4 is 11.0 Å². The minimum Gasteiger partial charge on any atom is -0.494 e. The molecular weight excluding hydrogens is 214 g/mol. The molecule has 1 aliphatic heterocycles. The van der Waals surface area contributed by atoms with Gasteiger partial charge in [0.05, 0.1) is 19.0 Å². The number of imidazole rings is 1. The Hall–Kier alpha value is -1.55. The fourth-order valence-electron chi connectivity index (χ4n) is 2.58. The van der Waals surface area contributed by atoms with Crippen LogP contribution in [-0.2, 0) is 0 Å². The third-order valence-corrected chi connectivity index (χ3v) is 3.48. The largest absolute Gasteiger partial charge is 0.494 e. The maximum atomic E-state index is 5.44. The molecule has 1 N–H and O–H groups in total. The number of nitrogens with one attached hydrogen (secondary N) is 1. The number of aromatic nitrogens is 2. The molecule has 0 saturated carbocycles. The molecule has 0 radical (unpaired) electrons. The minimum atomic E-state index is 0.539. The molecule has 0 bridgehead atoms. The van der Waals surface area contributed by atoms with Gasteiger partial charge in [0.15, 0.2) is 0 Å². The van der Waals surface area contributed by atoms with Gasteiger partial charge < -0.3 is 14.6 Å². The first-order valence-electron chi connectivity index (χ1n) is 6.10. The van der Waals surface area contributed by atoms with E-state index in [0.29, 0.717) is 6.04 Å². The number of para-hydroxylation sites is 1. The van der Waals surface area contributed by atoms with Crippen LogP contribution in [0.2, 0.25) is 0 Å². The average Bonchev–Trinajstić information content (AvgIpc) is 2.83. The van der Waals surface area contributed by atoms with E-state index in [2.05, 4.69) is 14.9 Å². The maximum Gasteiger partial charge on any atom is 0.144 e. The highest BCUT2D eigenvalue weighted by Gasteiger charge is 2.18. The molecule has 4 nitrogen and oxygen atoms in total. The van der Waals surface area contributed by atoms with Crippen molar-refractivity contribution in [2.75, 3.05) is 20.2 Å². The number of rotatable bonds is 2. The summed E-state index contributed by atoms with van der Waals surface area (Å²) >= 11 is 0. The summed E-state index contributed by atoms with van der Waals surface area (Å²) in [5.41, 5.74) is 2.14. The van der Waals surface area contributed by atoms with Crippen molar-refractivity contribution in [3.63, 3.8) is 0 Å². The SMILES string of the molecule is COc1cccc2ncn(C3CCNCC3)c12. The number of benzene rings is 1. The van der Waals surface area contributed by atoms with E-state index >= 15 is 0 Å². The zero-order valence-electron chi connectivity index (χ0n) is 10.0. The Morgan fingerprint density at radius 3 is 2.94 bits per heavy atom. The summed E-state index contributed by atoms with van der Waals surface area (Å²) in [6.45, 7) is 2.17. The molecule has 1 aromatic heterocycles. The second-order valence-corrected chi connectivity index (χ2v) is 4.46. The average molecular weight is 231 g/mol. The van der Waals surface area contributed by atoms with Crippen molar-refractivity contribution in [1.82, 2.24) is 14.9 Å². The van der Waals surface area contributed by atoms with Crippen molar-refractivity contribution in [1.29, 1.82) is 0 Å². The first-order valence-corrected chi connectivity index (χ1v) is 6.10. The molecule has 3 rings (SSSR count). The third kappa shape index (κ3) is 1.78. The van der Waals surface area contributed by atoms with Crippen LogP contribution in [0, 0.1) is 0 Å². The monoisotopic (exact) mass is 231 g/mol. The van der Waals surface area contributed by atoms with Crippen LogP contribution in [0.25, 0.3) is 11.0 Å². The molecule has 0 unspecified atom stereocenters. The molecule has 1 aromatic carbocycles. The van der Waals surface area contributed by atoms with Crippen LogP contribution >= 0.6 is 0 Å². The van der Waals surface area contributed by atoms with Crippen LogP contribution in [0.5, 0.6) is 5.75 Å². The highest BCUT2D eigenvalue weighted by molar-refractivity contribution is 5.82. The van der Waals surface area contributed by atoms with E-state index in [-0.39, 0.29) is 0 Å². The fourth-order valence-corrected chi connectivity index (χ4v) is 2.58. The van der Waals surface area contributed by atoms with Crippen LogP contribution in [0.3, 0.4) is 0 Å². The van der Waals surface area contributed by atoms with Crippen molar-refractivity contribution < 1.29 is 4.74 Å². The summed E-state index contributed by atoms with van der Waals surface area (Å²) in [6, 6.07) is 6.57. The van der Waals surface area contributed by atoms with Gasteiger partial charge in [-0.3, -0.25) is 0 Å². The first-order chi connectivity index (χ1) is 8.40. The molecule has 4 heteroatoms. The summed E-state index contributed by atoms with van der Waals surface area (Å²) in [6.07, 6.45) is 4.26. The molecule has 0 atom stereocenters. The highest BCUT2D eigenvalue weighted by atomic mass is 16.5. The molecule has 1 fully saturated rings. The van der Waals surface area contributed by atoms with Crippen LogP contribution in [0.15, 0.2) is 24.5 Å². The van der Waals surface area contributed by atoms with Gasteiger partial charge in [0.1, 0.15) is 11.3 Å². The molecular formula is C13H17N3O. The lowest BCUT2D eigenvalue weighted by Gasteiger charge is -2.24. The first kappa shape index (κ1) is 10.6. The van der Waals surface area contributed by atoms with E-state index in [4.69, 9.17) is 4.74 Å². The zero-order valence-corrected chi connectivity index (χ0v) is 10.0. The molecule has 2 aromatic rings. The van der Waals surface area contributed by atoms with Gasteiger partial charge in [-0.1, -0.05) is 6.07 Å². The molecule has 1 saturated heterocycles. The van der Waals surface area contributed by atoms with Gasteiger partial charge in [-0.2, -0.15) is 0 Å². The van der Waals surface area contributed by atoms with E-state index in [1.807, 2.05) is 24.5 Å². The smallest absolute Gasteiger partial charge is 0.144 e. The molecule has 2 heterocycles. The number of methoxy groups -OCH3 is 1. The van der Waals surface area contributed by atoms with Crippen LogP contribution in [0.1, 0.15) is 18.9 Å². The third-order valence-electron chi connectivity index (χ3n) is 3.48. The number of hydrogen-bond acceptors (Lipinski definition) is 3. The summed E-state index contributed by atoms with van der Waals surface area (Å²) in [5, 5.41) is 3.39. The lowest BCUT2D eigenvalue weighted by molar-refractivity contribution is 0.368. The number of hydrogen-bond donors (Lipinski definition) is 1. The second kappa shape index (κ2) is 4.37.